The van der Waals surface area contributed by atoms with Gasteiger partial charge in [-0.05, 0) is 31.2 Å². The number of aliphatic hydroxyl groups is 2. The van der Waals surface area contributed by atoms with Crippen LogP contribution in [0.2, 0.25) is 0 Å². The smallest absolute Gasteiger partial charge is 0.251 e. The zero-order valence-electron chi connectivity index (χ0n) is 8.90. The van der Waals surface area contributed by atoms with Crippen LogP contribution in [0.4, 0.5) is 0 Å². The van der Waals surface area contributed by atoms with Gasteiger partial charge in [-0.2, -0.15) is 0 Å². The fourth-order valence-corrected chi connectivity index (χ4v) is 1.34. The lowest BCUT2D eigenvalue weighted by Crippen LogP contribution is -2.51. The largest absolute Gasteiger partial charge is 0.394 e. The molecule has 1 aromatic rings. The van der Waals surface area contributed by atoms with E-state index < -0.39 is 5.54 Å². The van der Waals surface area contributed by atoms with E-state index in [0.717, 1.165) is 4.47 Å². The molecule has 0 radical (unpaired) electrons. The van der Waals surface area contributed by atoms with E-state index in [1.807, 2.05) is 0 Å². The standard InChI is InChI=1S/C11H14BrNO3/c1-11(6-14,7-15)13-10(16)8-2-4-9(12)5-3-8/h2-5,14-15H,6-7H2,1H3,(H,13,16). The summed E-state index contributed by atoms with van der Waals surface area (Å²) in [4.78, 5) is 11.7. The number of carbonyl (C=O) groups excluding carboxylic acids is 1. The van der Waals surface area contributed by atoms with Crippen molar-refractivity contribution in [3.05, 3.63) is 34.3 Å². The number of benzene rings is 1. The van der Waals surface area contributed by atoms with Crippen LogP contribution in [0.3, 0.4) is 0 Å². The van der Waals surface area contributed by atoms with Gasteiger partial charge in [-0.1, -0.05) is 15.9 Å². The molecule has 0 aliphatic carbocycles. The monoisotopic (exact) mass is 287 g/mol. The zero-order chi connectivity index (χ0) is 12.2. The van der Waals surface area contributed by atoms with Crippen LogP contribution in [0.5, 0.6) is 0 Å². The number of aliphatic hydroxyl groups excluding tert-OH is 2. The van der Waals surface area contributed by atoms with Gasteiger partial charge < -0.3 is 15.5 Å². The molecule has 4 nitrogen and oxygen atoms in total. The molecule has 0 heterocycles. The molecule has 0 saturated carbocycles. The fraction of sp³-hybridized carbons (Fsp3) is 0.364. The quantitative estimate of drug-likeness (QED) is 0.771. The first-order valence-corrected chi connectivity index (χ1v) is 5.60. The van der Waals surface area contributed by atoms with Crippen LogP contribution in [0.25, 0.3) is 0 Å². The molecule has 0 unspecified atom stereocenters. The Hall–Kier alpha value is -0.910. The van der Waals surface area contributed by atoms with Crippen LogP contribution in [0.1, 0.15) is 17.3 Å². The van der Waals surface area contributed by atoms with Crippen LogP contribution in [-0.2, 0) is 0 Å². The van der Waals surface area contributed by atoms with Crippen LogP contribution in [0, 0.1) is 0 Å². The summed E-state index contributed by atoms with van der Waals surface area (Å²) in [6.07, 6.45) is 0. The summed E-state index contributed by atoms with van der Waals surface area (Å²) in [7, 11) is 0. The van der Waals surface area contributed by atoms with E-state index in [4.69, 9.17) is 10.2 Å². The number of rotatable bonds is 4. The first kappa shape index (κ1) is 13.2. The Bertz CT molecular complexity index is 360. The summed E-state index contributed by atoms with van der Waals surface area (Å²) in [5.41, 5.74) is -0.513. The molecule has 0 saturated heterocycles. The van der Waals surface area contributed by atoms with Gasteiger partial charge in [0.05, 0.1) is 18.8 Å². The summed E-state index contributed by atoms with van der Waals surface area (Å²) in [5.74, 6) is -0.321. The number of amides is 1. The van der Waals surface area contributed by atoms with Crippen LogP contribution >= 0.6 is 15.9 Å². The average Bonchev–Trinajstić information content (AvgIpc) is 2.29. The molecule has 1 aromatic carbocycles. The van der Waals surface area contributed by atoms with Gasteiger partial charge in [0.2, 0.25) is 0 Å². The van der Waals surface area contributed by atoms with Crippen molar-refractivity contribution in [1.29, 1.82) is 0 Å². The van der Waals surface area contributed by atoms with Gasteiger partial charge in [-0.15, -0.1) is 0 Å². The molecule has 5 heteroatoms. The third-order valence-corrected chi connectivity index (χ3v) is 2.75. The number of carbonyl (C=O) groups is 1. The molecule has 0 aliphatic heterocycles. The molecule has 0 fully saturated rings. The third-order valence-electron chi connectivity index (χ3n) is 2.22. The topological polar surface area (TPSA) is 69.6 Å². The Balaban J connectivity index is 2.76. The maximum Gasteiger partial charge on any atom is 0.251 e. The molecule has 0 aliphatic rings. The minimum absolute atomic E-state index is 0.314. The molecular formula is C11H14BrNO3. The van der Waals surface area contributed by atoms with E-state index in [2.05, 4.69) is 21.2 Å². The van der Waals surface area contributed by atoms with Crippen LogP contribution in [0.15, 0.2) is 28.7 Å². The predicted octanol–water partition coefficient (Wildman–Crippen LogP) is 0.922. The molecule has 88 valence electrons. The van der Waals surface area contributed by atoms with Gasteiger partial charge in [0.1, 0.15) is 0 Å². The second kappa shape index (κ2) is 5.43. The van der Waals surface area contributed by atoms with Gasteiger partial charge in [0, 0.05) is 10.0 Å². The third kappa shape index (κ3) is 3.30. The molecule has 0 spiro atoms. The van der Waals surface area contributed by atoms with E-state index in [1.54, 1.807) is 31.2 Å². The van der Waals surface area contributed by atoms with E-state index >= 15 is 0 Å². The lowest BCUT2D eigenvalue weighted by atomic mass is 10.0. The Morgan fingerprint density at radius 3 is 2.25 bits per heavy atom. The lowest BCUT2D eigenvalue weighted by molar-refractivity contribution is 0.0724. The Labute approximate surface area is 102 Å². The van der Waals surface area contributed by atoms with Gasteiger partial charge in [0.25, 0.3) is 5.91 Å². The molecule has 3 N–H and O–H groups in total. The van der Waals surface area contributed by atoms with Crippen molar-refractivity contribution in [1.82, 2.24) is 5.32 Å². The highest BCUT2D eigenvalue weighted by Gasteiger charge is 2.24. The van der Waals surface area contributed by atoms with Gasteiger partial charge >= 0.3 is 0 Å². The summed E-state index contributed by atoms with van der Waals surface area (Å²) in [6, 6.07) is 6.83. The summed E-state index contributed by atoms with van der Waals surface area (Å²) >= 11 is 3.27. The Morgan fingerprint density at radius 2 is 1.81 bits per heavy atom. The molecular weight excluding hydrogens is 274 g/mol. The number of nitrogens with one attached hydrogen (secondary N) is 1. The first-order chi connectivity index (χ1) is 7.50. The van der Waals surface area contributed by atoms with E-state index in [0.29, 0.717) is 5.56 Å². The summed E-state index contributed by atoms with van der Waals surface area (Å²) in [6.45, 7) is 0.946. The molecule has 1 amide bonds. The van der Waals surface area contributed by atoms with Crippen molar-refractivity contribution in [2.75, 3.05) is 13.2 Å². The van der Waals surface area contributed by atoms with Gasteiger partial charge in [-0.3, -0.25) is 4.79 Å². The van der Waals surface area contributed by atoms with Crippen molar-refractivity contribution >= 4 is 21.8 Å². The molecule has 1 rings (SSSR count). The van der Waals surface area contributed by atoms with Crippen molar-refractivity contribution in [3.63, 3.8) is 0 Å². The maximum atomic E-state index is 11.7. The van der Waals surface area contributed by atoms with Crippen molar-refractivity contribution in [2.24, 2.45) is 0 Å². The number of hydrogen-bond donors (Lipinski definition) is 3. The second-order valence-corrected chi connectivity index (χ2v) is 4.75. The lowest BCUT2D eigenvalue weighted by Gasteiger charge is -2.26. The predicted molar refractivity (Wildman–Crippen MR) is 64.2 cm³/mol. The zero-order valence-corrected chi connectivity index (χ0v) is 10.5. The molecule has 0 aromatic heterocycles. The fourth-order valence-electron chi connectivity index (χ4n) is 1.08. The SMILES string of the molecule is CC(CO)(CO)NC(=O)c1ccc(Br)cc1. The highest BCUT2D eigenvalue weighted by molar-refractivity contribution is 9.10. The Kier molecular flexibility index (Phi) is 4.46. The van der Waals surface area contributed by atoms with E-state index in [-0.39, 0.29) is 19.1 Å². The summed E-state index contributed by atoms with van der Waals surface area (Å²) in [5, 5.41) is 20.7. The van der Waals surface area contributed by atoms with Gasteiger partial charge in [0.15, 0.2) is 0 Å². The van der Waals surface area contributed by atoms with Gasteiger partial charge in [-0.25, -0.2) is 0 Å². The van der Waals surface area contributed by atoms with E-state index in [1.165, 1.54) is 0 Å². The van der Waals surface area contributed by atoms with Crippen LogP contribution < -0.4 is 5.32 Å². The molecule has 0 atom stereocenters. The highest BCUT2D eigenvalue weighted by atomic mass is 79.9. The number of halogens is 1. The number of hydrogen-bond acceptors (Lipinski definition) is 3. The maximum absolute atomic E-state index is 11.7. The van der Waals surface area contributed by atoms with Crippen molar-refractivity contribution in [2.45, 2.75) is 12.5 Å². The minimum Gasteiger partial charge on any atom is -0.394 e. The normalized spacial score (nSPS) is 11.2. The van der Waals surface area contributed by atoms with E-state index in [9.17, 15) is 4.79 Å². The Morgan fingerprint density at radius 1 is 1.31 bits per heavy atom. The first-order valence-electron chi connectivity index (χ1n) is 4.80. The molecule has 16 heavy (non-hydrogen) atoms. The average molecular weight is 288 g/mol. The molecule has 0 bridgehead atoms. The second-order valence-electron chi connectivity index (χ2n) is 3.84. The minimum atomic E-state index is -0.996. The highest BCUT2D eigenvalue weighted by Crippen LogP contribution is 2.11. The van der Waals surface area contributed by atoms with Crippen molar-refractivity contribution in [3.8, 4) is 0 Å². The summed E-state index contributed by atoms with van der Waals surface area (Å²) < 4.78 is 0.885. The van der Waals surface area contributed by atoms with Crippen LogP contribution in [-0.4, -0.2) is 34.9 Å². The van der Waals surface area contributed by atoms with Crippen molar-refractivity contribution < 1.29 is 15.0 Å².